The molecule has 0 spiro atoms. The molecule has 2 aromatic heterocycles. The summed E-state index contributed by atoms with van der Waals surface area (Å²) >= 11 is 13.0. The molecule has 3 nitrogen and oxygen atoms in total. The van der Waals surface area contributed by atoms with E-state index in [-0.39, 0.29) is 31.7 Å². The lowest BCUT2D eigenvalue weighted by Gasteiger charge is -2.08. The first-order chi connectivity index (χ1) is 13.9. The Kier molecular flexibility index (Phi) is 5.25. The standard InChI is InChI=1S/C21H12Cl2F2N2OS/c22-11-6-7-12(14(23)8-11)18(28)19-17(26)16-13(10-4-2-1-3-5-10)9-15(20(24)25)27-21(16)29-19/h1-9,20H,26H2. The van der Waals surface area contributed by atoms with Crippen molar-refractivity contribution in [3.63, 3.8) is 0 Å². The maximum atomic E-state index is 13.4. The quantitative estimate of drug-likeness (QED) is 0.341. The number of fused-ring (bicyclic) bond motifs is 1. The average molecular weight is 449 g/mol. The molecule has 146 valence electrons. The van der Waals surface area contributed by atoms with E-state index in [1.165, 1.54) is 18.2 Å². The minimum Gasteiger partial charge on any atom is -0.397 e. The molecule has 0 atom stereocenters. The molecule has 8 heteroatoms. The van der Waals surface area contributed by atoms with E-state index in [4.69, 9.17) is 28.9 Å². The zero-order valence-corrected chi connectivity index (χ0v) is 17.0. The minimum absolute atomic E-state index is 0.184. The molecule has 0 amide bonds. The van der Waals surface area contributed by atoms with Crippen LogP contribution in [0.3, 0.4) is 0 Å². The van der Waals surface area contributed by atoms with Gasteiger partial charge in [-0.15, -0.1) is 11.3 Å². The van der Waals surface area contributed by atoms with E-state index in [1.54, 1.807) is 30.3 Å². The van der Waals surface area contributed by atoms with Crippen LogP contribution in [0.4, 0.5) is 14.5 Å². The van der Waals surface area contributed by atoms with Crippen molar-refractivity contribution in [1.82, 2.24) is 4.98 Å². The maximum absolute atomic E-state index is 13.4. The monoisotopic (exact) mass is 448 g/mol. The number of nitrogen functional groups attached to an aromatic ring is 1. The van der Waals surface area contributed by atoms with Crippen LogP contribution in [0.2, 0.25) is 10.0 Å². The molecular weight excluding hydrogens is 437 g/mol. The Morgan fingerprint density at radius 1 is 1.07 bits per heavy atom. The fraction of sp³-hybridized carbons (Fsp3) is 0.0476. The molecule has 0 fully saturated rings. The second kappa shape index (κ2) is 7.71. The number of hydrogen-bond donors (Lipinski definition) is 1. The molecule has 29 heavy (non-hydrogen) atoms. The summed E-state index contributed by atoms with van der Waals surface area (Å²) in [6.45, 7) is 0. The fourth-order valence-electron chi connectivity index (χ4n) is 3.06. The van der Waals surface area contributed by atoms with Crippen molar-refractivity contribution in [2.45, 2.75) is 6.43 Å². The fourth-order valence-corrected chi connectivity index (χ4v) is 4.64. The van der Waals surface area contributed by atoms with Gasteiger partial charge >= 0.3 is 0 Å². The third-order valence-corrected chi connectivity index (χ3v) is 6.06. The Hall–Kier alpha value is -2.54. The summed E-state index contributed by atoms with van der Waals surface area (Å²) in [5, 5.41) is 1.05. The Labute approximate surface area is 178 Å². The van der Waals surface area contributed by atoms with Crippen LogP contribution in [-0.2, 0) is 0 Å². The number of aromatic nitrogens is 1. The van der Waals surface area contributed by atoms with Crippen LogP contribution in [0.1, 0.15) is 27.4 Å². The molecule has 0 saturated heterocycles. The number of carbonyl (C=O) groups excluding carboxylic acids is 1. The number of thiophene rings is 1. The van der Waals surface area contributed by atoms with Gasteiger partial charge in [0.15, 0.2) is 0 Å². The van der Waals surface area contributed by atoms with Gasteiger partial charge in [-0.05, 0) is 35.4 Å². The van der Waals surface area contributed by atoms with Crippen molar-refractivity contribution in [3.05, 3.63) is 80.8 Å². The van der Waals surface area contributed by atoms with Gasteiger partial charge in [0.1, 0.15) is 15.4 Å². The minimum atomic E-state index is -2.75. The normalized spacial score (nSPS) is 11.3. The van der Waals surface area contributed by atoms with Gasteiger partial charge in [-0.2, -0.15) is 0 Å². The van der Waals surface area contributed by atoms with Crippen LogP contribution in [0.15, 0.2) is 54.6 Å². The number of carbonyl (C=O) groups is 1. The first-order valence-electron chi connectivity index (χ1n) is 8.43. The molecule has 0 aliphatic heterocycles. The van der Waals surface area contributed by atoms with Crippen LogP contribution in [0.25, 0.3) is 21.3 Å². The van der Waals surface area contributed by atoms with E-state index in [0.29, 0.717) is 21.5 Å². The molecule has 0 saturated carbocycles. The number of halogens is 4. The number of rotatable bonds is 4. The molecular formula is C21H12Cl2F2N2OS. The number of anilines is 1. The highest BCUT2D eigenvalue weighted by atomic mass is 35.5. The van der Waals surface area contributed by atoms with Gasteiger partial charge < -0.3 is 5.73 Å². The summed E-state index contributed by atoms with van der Waals surface area (Å²) in [5.74, 6) is -0.412. The second-order valence-electron chi connectivity index (χ2n) is 6.24. The smallest absolute Gasteiger partial charge is 0.280 e. The first-order valence-corrected chi connectivity index (χ1v) is 10.00. The number of ketones is 1. The summed E-state index contributed by atoms with van der Waals surface area (Å²) in [6, 6.07) is 14.8. The Morgan fingerprint density at radius 3 is 2.45 bits per heavy atom. The number of nitrogens with zero attached hydrogens (tertiary/aromatic N) is 1. The molecule has 2 aromatic carbocycles. The van der Waals surface area contributed by atoms with Crippen molar-refractivity contribution < 1.29 is 13.6 Å². The second-order valence-corrected chi connectivity index (χ2v) is 8.08. The number of hydrogen-bond acceptors (Lipinski definition) is 4. The highest BCUT2D eigenvalue weighted by Gasteiger charge is 2.24. The lowest BCUT2D eigenvalue weighted by Crippen LogP contribution is -2.03. The highest BCUT2D eigenvalue weighted by Crippen LogP contribution is 2.42. The van der Waals surface area contributed by atoms with Gasteiger partial charge in [-0.25, -0.2) is 13.8 Å². The summed E-state index contributed by atoms with van der Waals surface area (Å²) in [4.78, 5) is 17.6. The van der Waals surface area contributed by atoms with Crippen molar-refractivity contribution in [2.75, 3.05) is 5.73 Å². The zero-order chi connectivity index (χ0) is 20.7. The van der Waals surface area contributed by atoms with Crippen molar-refractivity contribution in [2.24, 2.45) is 0 Å². The molecule has 0 bridgehead atoms. The molecule has 2 heterocycles. The van der Waals surface area contributed by atoms with E-state index in [9.17, 15) is 13.6 Å². The van der Waals surface area contributed by atoms with Gasteiger partial charge in [-0.3, -0.25) is 4.79 Å². The Bertz CT molecular complexity index is 1240. The van der Waals surface area contributed by atoms with E-state index in [0.717, 1.165) is 11.3 Å². The molecule has 2 N–H and O–H groups in total. The molecule has 0 unspecified atom stereocenters. The van der Waals surface area contributed by atoms with E-state index in [1.807, 2.05) is 6.07 Å². The number of pyridine rings is 1. The molecule has 4 rings (SSSR count). The van der Waals surface area contributed by atoms with E-state index < -0.39 is 12.2 Å². The predicted molar refractivity (Wildman–Crippen MR) is 114 cm³/mol. The van der Waals surface area contributed by atoms with Crippen LogP contribution in [0.5, 0.6) is 0 Å². The Morgan fingerprint density at radius 2 is 1.79 bits per heavy atom. The molecule has 0 radical (unpaired) electrons. The zero-order valence-electron chi connectivity index (χ0n) is 14.6. The summed E-state index contributed by atoms with van der Waals surface area (Å²) in [6.07, 6.45) is -2.75. The van der Waals surface area contributed by atoms with E-state index in [2.05, 4.69) is 4.98 Å². The molecule has 0 aliphatic carbocycles. The predicted octanol–water partition coefficient (Wildman–Crippen LogP) is 7.02. The van der Waals surface area contributed by atoms with Crippen LogP contribution < -0.4 is 5.73 Å². The van der Waals surface area contributed by atoms with Gasteiger partial charge in [0.05, 0.1) is 10.7 Å². The summed E-state index contributed by atoms with van der Waals surface area (Å²) in [5.41, 5.74) is 7.56. The largest absolute Gasteiger partial charge is 0.397 e. The number of alkyl halides is 2. The van der Waals surface area contributed by atoms with Crippen LogP contribution >= 0.6 is 34.5 Å². The van der Waals surface area contributed by atoms with Gasteiger partial charge in [0.2, 0.25) is 5.78 Å². The SMILES string of the molecule is Nc1c(C(=O)c2ccc(Cl)cc2Cl)sc2nc(C(F)F)cc(-c3ccccc3)c12. The van der Waals surface area contributed by atoms with Gasteiger partial charge in [-0.1, -0.05) is 53.5 Å². The molecule has 0 aliphatic rings. The first kappa shape index (κ1) is 19.8. The Balaban J connectivity index is 1.96. The number of nitrogens with two attached hydrogens (primary N) is 1. The van der Waals surface area contributed by atoms with Crippen molar-refractivity contribution in [1.29, 1.82) is 0 Å². The number of benzene rings is 2. The lowest BCUT2D eigenvalue weighted by molar-refractivity contribution is 0.104. The van der Waals surface area contributed by atoms with Crippen molar-refractivity contribution >= 4 is 56.2 Å². The summed E-state index contributed by atoms with van der Waals surface area (Å²) in [7, 11) is 0. The maximum Gasteiger partial charge on any atom is 0.280 e. The van der Waals surface area contributed by atoms with Crippen LogP contribution in [0, 0.1) is 0 Å². The van der Waals surface area contributed by atoms with Crippen LogP contribution in [-0.4, -0.2) is 10.8 Å². The van der Waals surface area contributed by atoms with Gasteiger partial charge in [0, 0.05) is 16.0 Å². The van der Waals surface area contributed by atoms with Crippen molar-refractivity contribution in [3.8, 4) is 11.1 Å². The van der Waals surface area contributed by atoms with E-state index >= 15 is 0 Å². The molecule has 4 aromatic rings. The topological polar surface area (TPSA) is 56.0 Å². The average Bonchev–Trinajstić information content (AvgIpc) is 3.04. The lowest BCUT2D eigenvalue weighted by atomic mass is 10.0. The van der Waals surface area contributed by atoms with Gasteiger partial charge in [0.25, 0.3) is 6.43 Å². The highest BCUT2D eigenvalue weighted by molar-refractivity contribution is 7.21. The third-order valence-electron chi connectivity index (χ3n) is 4.41. The third kappa shape index (κ3) is 3.59. The summed E-state index contributed by atoms with van der Waals surface area (Å²) < 4.78 is 26.9.